The predicted octanol–water partition coefficient (Wildman–Crippen LogP) is 2.94. The van der Waals surface area contributed by atoms with E-state index in [2.05, 4.69) is 18.5 Å². The van der Waals surface area contributed by atoms with Crippen LogP contribution in [0.3, 0.4) is 0 Å². The van der Waals surface area contributed by atoms with Crippen LogP contribution in [0.15, 0.2) is 55.3 Å². The molecule has 1 aromatic carbocycles. The van der Waals surface area contributed by atoms with Gasteiger partial charge in [-0.2, -0.15) is 5.26 Å². The number of nitriles is 1. The summed E-state index contributed by atoms with van der Waals surface area (Å²) < 4.78 is 0. The van der Waals surface area contributed by atoms with Crippen LogP contribution in [0.5, 0.6) is 0 Å². The Morgan fingerprint density at radius 2 is 2.05 bits per heavy atom. The number of anilines is 2. The fourth-order valence-electron chi connectivity index (χ4n) is 1.64. The number of nitrogens with two attached hydrogens (primary N) is 1. The molecule has 6 heteroatoms. The maximum atomic E-state index is 12.3. The van der Waals surface area contributed by atoms with Crippen molar-refractivity contribution < 1.29 is 4.79 Å². The summed E-state index contributed by atoms with van der Waals surface area (Å²) in [6.45, 7) is 7.84. The van der Waals surface area contributed by atoms with Gasteiger partial charge in [-0.25, -0.2) is 0 Å². The summed E-state index contributed by atoms with van der Waals surface area (Å²) in [5.74, 6) is -0.406. The van der Waals surface area contributed by atoms with Crippen molar-refractivity contribution in [1.82, 2.24) is 4.90 Å². The maximum Gasteiger partial charge on any atom is 0.266 e. The summed E-state index contributed by atoms with van der Waals surface area (Å²) in [4.78, 5) is 13.7. The van der Waals surface area contributed by atoms with E-state index in [1.807, 2.05) is 6.07 Å². The number of nitrogens with one attached hydrogen (secondary N) is 1. The van der Waals surface area contributed by atoms with Crippen LogP contribution >= 0.6 is 11.6 Å². The third-order valence-electron chi connectivity index (χ3n) is 2.72. The molecule has 0 spiro atoms. The molecule has 0 aliphatic carbocycles. The summed E-state index contributed by atoms with van der Waals surface area (Å²) in [6, 6.07) is 6.82. The van der Waals surface area contributed by atoms with Crippen molar-refractivity contribution in [3.8, 4) is 6.07 Å². The molecule has 0 aliphatic heterocycles. The minimum atomic E-state index is -0.406. The number of nitrogen functional groups attached to an aromatic ring is 1. The van der Waals surface area contributed by atoms with E-state index in [0.29, 0.717) is 29.5 Å². The zero-order valence-corrected chi connectivity index (χ0v) is 12.8. The number of benzene rings is 1. The molecular weight excluding hydrogens is 300 g/mol. The smallest absolute Gasteiger partial charge is 0.266 e. The molecule has 0 aliphatic rings. The summed E-state index contributed by atoms with van der Waals surface area (Å²) in [5.41, 5.74) is 6.67. The monoisotopic (exact) mass is 316 g/mol. The van der Waals surface area contributed by atoms with Crippen LogP contribution in [0, 0.1) is 11.3 Å². The van der Waals surface area contributed by atoms with Gasteiger partial charge in [0.15, 0.2) is 0 Å². The fourth-order valence-corrected chi connectivity index (χ4v) is 1.82. The first kappa shape index (κ1) is 17.3. The van der Waals surface area contributed by atoms with Gasteiger partial charge in [0.25, 0.3) is 5.91 Å². The number of carbonyl (C=O) groups is 1. The lowest BCUT2D eigenvalue weighted by molar-refractivity contribution is -0.125. The first-order chi connectivity index (χ1) is 10.5. The molecule has 0 saturated carbocycles. The van der Waals surface area contributed by atoms with Crippen molar-refractivity contribution in [3.05, 3.63) is 60.3 Å². The molecule has 1 amide bonds. The molecule has 0 atom stereocenters. The molecule has 3 N–H and O–H groups in total. The molecule has 0 unspecified atom stereocenters. The molecular formula is C16H17ClN4O. The predicted molar refractivity (Wildman–Crippen MR) is 90.2 cm³/mol. The quantitative estimate of drug-likeness (QED) is 0.351. The van der Waals surface area contributed by atoms with Gasteiger partial charge in [-0.1, -0.05) is 23.8 Å². The summed E-state index contributed by atoms with van der Waals surface area (Å²) >= 11 is 5.91. The van der Waals surface area contributed by atoms with E-state index in [1.165, 1.54) is 11.1 Å². The lowest BCUT2D eigenvalue weighted by atomic mass is 10.2. The number of halogens is 1. The number of carbonyl (C=O) groups excluding carboxylic acids is 1. The van der Waals surface area contributed by atoms with Gasteiger partial charge in [-0.15, -0.1) is 13.2 Å². The molecule has 1 aromatic rings. The van der Waals surface area contributed by atoms with Crippen LogP contribution in [0.2, 0.25) is 5.02 Å². The first-order valence-corrected chi connectivity index (χ1v) is 6.84. The van der Waals surface area contributed by atoms with E-state index in [9.17, 15) is 4.79 Å². The van der Waals surface area contributed by atoms with E-state index in [4.69, 9.17) is 22.6 Å². The topological polar surface area (TPSA) is 82.2 Å². The van der Waals surface area contributed by atoms with Gasteiger partial charge >= 0.3 is 0 Å². The standard InChI is InChI=1S/C16H17ClN4O/c1-3-7-21(8-4-2)16(22)12(10-18)11-20-13-5-6-15(19)14(17)9-13/h3-6,9,11,20H,1-2,7-8,19H2/b12-11-. The Labute approximate surface area is 135 Å². The molecule has 1 rings (SSSR count). The molecule has 22 heavy (non-hydrogen) atoms. The number of hydrogen-bond acceptors (Lipinski definition) is 4. The molecule has 0 heterocycles. The van der Waals surface area contributed by atoms with Gasteiger partial charge in [-0.3, -0.25) is 4.79 Å². The van der Waals surface area contributed by atoms with Crippen LogP contribution in [-0.2, 0) is 4.79 Å². The van der Waals surface area contributed by atoms with Crippen LogP contribution in [0.25, 0.3) is 0 Å². The van der Waals surface area contributed by atoms with E-state index in [-0.39, 0.29) is 5.57 Å². The van der Waals surface area contributed by atoms with Crippen LogP contribution in [-0.4, -0.2) is 23.9 Å². The Kier molecular flexibility index (Phi) is 6.74. The average Bonchev–Trinajstić information content (AvgIpc) is 2.51. The van der Waals surface area contributed by atoms with E-state index >= 15 is 0 Å². The summed E-state index contributed by atoms with van der Waals surface area (Å²) in [6.07, 6.45) is 4.51. The Morgan fingerprint density at radius 3 is 2.55 bits per heavy atom. The summed E-state index contributed by atoms with van der Waals surface area (Å²) in [7, 11) is 0. The second-order valence-electron chi connectivity index (χ2n) is 4.34. The van der Waals surface area contributed by atoms with Crippen molar-refractivity contribution in [2.24, 2.45) is 0 Å². The molecule has 0 saturated heterocycles. The molecule has 0 aromatic heterocycles. The van der Waals surface area contributed by atoms with Crippen LogP contribution < -0.4 is 11.1 Å². The molecule has 114 valence electrons. The third kappa shape index (κ3) is 4.69. The normalized spacial score (nSPS) is 10.5. The lowest BCUT2D eigenvalue weighted by Gasteiger charge is -2.18. The maximum absolute atomic E-state index is 12.3. The molecule has 0 radical (unpaired) electrons. The lowest BCUT2D eigenvalue weighted by Crippen LogP contribution is -2.32. The molecule has 0 fully saturated rings. The zero-order chi connectivity index (χ0) is 16.5. The van der Waals surface area contributed by atoms with Crippen molar-refractivity contribution in [1.29, 1.82) is 5.26 Å². The van der Waals surface area contributed by atoms with Crippen molar-refractivity contribution in [3.63, 3.8) is 0 Å². The van der Waals surface area contributed by atoms with Gasteiger partial charge in [0.1, 0.15) is 11.6 Å². The van der Waals surface area contributed by atoms with Crippen LogP contribution in [0.1, 0.15) is 0 Å². The largest absolute Gasteiger partial charge is 0.398 e. The Hall–Kier alpha value is -2.71. The second-order valence-corrected chi connectivity index (χ2v) is 4.75. The van der Waals surface area contributed by atoms with Gasteiger partial charge in [0, 0.05) is 25.0 Å². The van der Waals surface area contributed by atoms with Gasteiger partial charge in [-0.05, 0) is 18.2 Å². The number of rotatable bonds is 7. The van der Waals surface area contributed by atoms with Gasteiger partial charge in [0.2, 0.25) is 0 Å². The Morgan fingerprint density at radius 1 is 1.41 bits per heavy atom. The minimum absolute atomic E-state index is 0.0309. The van der Waals surface area contributed by atoms with Crippen molar-refractivity contribution in [2.45, 2.75) is 0 Å². The fraction of sp³-hybridized carbons (Fsp3) is 0.125. The van der Waals surface area contributed by atoms with E-state index in [0.717, 1.165) is 0 Å². The second kappa shape index (κ2) is 8.55. The van der Waals surface area contributed by atoms with Crippen LogP contribution in [0.4, 0.5) is 11.4 Å². The van der Waals surface area contributed by atoms with Crippen molar-refractivity contribution >= 4 is 28.9 Å². The highest BCUT2D eigenvalue weighted by atomic mass is 35.5. The Balaban J connectivity index is 2.91. The SMILES string of the molecule is C=CCN(CC=C)C(=O)/C(C#N)=C\Nc1ccc(N)c(Cl)c1. The van der Waals surface area contributed by atoms with Crippen molar-refractivity contribution in [2.75, 3.05) is 24.1 Å². The highest BCUT2D eigenvalue weighted by Gasteiger charge is 2.16. The number of amides is 1. The first-order valence-electron chi connectivity index (χ1n) is 6.46. The highest BCUT2D eigenvalue weighted by Crippen LogP contribution is 2.22. The van der Waals surface area contributed by atoms with Gasteiger partial charge < -0.3 is 16.0 Å². The molecule has 5 nitrogen and oxygen atoms in total. The summed E-state index contributed by atoms with van der Waals surface area (Å²) in [5, 5.41) is 12.4. The minimum Gasteiger partial charge on any atom is -0.398 e. The number of nitrogens with zero attached hydrogens (tertiary/aromatic N) is 2. The highest BCUT2D eigenvalue weighted by molar-refractivity contribution is 6.33. The average molecular weight is 317 g/mol. The van der Waals surface area contributed by atoms with Gasteiger partial charge in [0.05, 0.1) is 10.7 Å². The zero-order valence-electron chi connectivity index (χ0n) is 12.1. The van der Waals surface area contributed by atoms with E-state index in [1.54, 1.807) is 30.4 Å². The Bertz CT molecular complexity index is 636. The third-order valence-corrected chi connectivity index (χ3v) is 3.05. The number of hydrogen-bond donors (Lipinski definition) is 2. The molecule has 0 bridgehead atoms. The van der Waals surface area contributed by atoms with E-state index < -0.39 is 5.91 Å².